The molecule has 3 aromatic rings. The van der Waals surface area contributed by atoms with Gasteiger partial charge in [-0.2, -0.15) is 13.2 Å². The van der Waals surface area contributed by atoms with Crippen molar-refractivity contribution in [2.75, 3.05) is 6.61 Å². The predicted molar refractivity (Wildman–Crippen MR) is 178 cm³/mol. The highest BCUT2D eigenvalue weighted by atomic mass is 19.4. The molecule has 0 saturated carbocycles. The van der Waals surface area contributed by atoms with Gasteiger partial charge in [0.2, 0.25) is 0 Å². The highest BCUT2D eigenvalue weighted by molar-refractivity contribution is 5.91. The molecule has 1 atom stereocenters. The number of hydrogen-bond acceptors (Lipinski definition) is 3. The fourth-order valence-corrected chi connectivity index (χ4v) is 5.49. The van der Waals surface area contributed by atoms with Crippen molar-refractivity contribution in [3.8, 4) is 22.6 Å². The lowest BCUT2D eigenvalue weighted by Gasteiger charge is -2.20. The van der Waals surface area contributed by atoms with Crippen LogP contribution in [0.2, 0.25) is 0 Å². The molecule has 0 fully saturated rings. The molecule has 3 rings (SSSR count). The van der Waals surface area contributed by atoms with Gasteiger partial charge in [-0.3, -0.25) is 0 Å². The Kier molecular flexibility index (Phi) is 16.1. The van der Waals surface area contributed by atoms with Crippen LogP contribution in [0.3, 0.4) is 0 Å². The number of aryl methyl sites for hydroxylation is 1. The van der Waals surface area contributed by atoms with Crippen LogP contribution in [0.5, 0.6) is 11.5 Å². The average Bonchev–Trinajstić information content (AvgIpc) is 3.04. The van der Waals surface area contributed by atoms with Crippen molar-refractivity contribution in [3.63, 3.8) is 0 Å². The minimum atomic E-state index is -4.18. The summed E-state index contributed by atoms with van der Waals surface area (Å²) < 4.78 is 51.9. The van der Waals surface area contributed by atoms with Gasteiger partial charge >= 0.3 is 12.1 Å². The van der Waals surface area contributed by atoms with Gasteiger partial charge in [0.05, 0.1) is 18.1 Å². The number of hydrogen-bond donors (Lipinski definition) is 0. The quantitative estimate of drug-likeness (QED) is 0.0672. The Balaban J connectivity index is 1.42. The van der Waals surface area contributed by atoms with Gasteiger partial charge in [-0.25, -0.2) is 4.79 Å². The van der Waals surface area contributed by atoms with E-state index in [0.29, 0.717) is 24.2 Å². The van der Waals surface area contributed by atoms with Gasteiger partial charge in [-0.05, 0) is 78.8 Å². The first-order chi connectivity index (χ1) is 21.8. The van der Waals surface area contributed by atoms with Crippen LogP contribution >= 0.6 is 0 Å². The molecule has 0 aliphatic rings. The maximum atomic E-state index is 13.5. The molecule has 0 spiro atoms. The maximum Gasteiger partial charge on any atom is 0.391 e. The zero-order valence-corrected chi connectivity index (χ0v) is 27.2. The van der Waals surface area contributed by atoms with E-state index < -0.39 is 18.1 Å². The number of alkyl halides is 3. The summed E-state index contributed by atoms with van der Waals surface area (Å²) in [6.45, 7) is 5.02. The summed E-state index contributed by atoms with van der Waals surface area (Å²) in [4.78, 5) is 12.7. The van der Waals surface area contributed by atoms with Gasteiger partial charge < -0.3 is 9.47 Å². The molecular formula is C39H51F3O3. The summed E-state index contributed by atoms with van der Waals surface area (Å²) in [5, 5.41) is 0. The first kappa shape index (κ1) is 36.2. The molecule has 6 heteroatoms. The Morgan fingerprint density at radius 2 is 1.13 bits per heavy atom. The molecule has 3 nitrogen and oxygen atoms in total. The standard InChI is InChI=1S/C39H51F3O3/c1-3-5-7-9-10-11-12-14-30-44-36-28-23-33(24-29-36)32-19-21-34(22-20-32)38(43)45-37-26-17-31(18-27-37)16-25-35(39(40,41)42)15-13-8-6-4-2/h17-24,26-29,35H,3-16,25,30H2,1-2H3. The van der Waals surface area contributed by atoms with Gasteiger partial charge in [0.25, 0.3) is 0 Å². The Bertz CT molecular complexity index is 1220. The van der Waals surface area contributed by atoms with Crippen molar-refractivity contribution in [2.24, 2.45) is 5.92 Å². The summed E-state index contributed by atoms with van der Waals surface area (Å²) in [5.74, 6) is -0.549. The molecule has 45 heavy (non-hydrogen) atoms. The SMILES string of the molecule is CCCCCCCCCCOc1ccc(-c2ccc(C(=O)Oc3ccc(CCC(CCCCCC)C(F)(F)F)cc3)cc2)cc1. The second-order valence-corrected chi connectivity index (χ2v) is 12.1. The van der Waals surface area contributed by atoms with Crippen LogP contribution in [0, 0.1) is 5.92 Å². The van der Waals surface area contributed by atoms with E-state index >= 15 is 0 Å². The predicted octanol–water partition coefficient (Wildman–Crippen LogP) is 12.2. The van der Waals surface area contributed by atoms with Crippen molar-refractivity contribution < 1.29 is 27.4 Å². The average molecular weight is 625 g/mol. The second kappa shape index (κ2) is 20.0. The number of halogens is 3. The molecule has 0 radical (unpaired) electrons. The van der Waals surface area contributed by atoms with Gasteiger partial charge in [0.15, 0.2) is 0 Å². The zero-order valence-electron chi connectivity index (χ0n) is 27.2. The van der Waals surface area contributed by atoms with Gasteiger partial charge in [0.1, 0.15) is 11.5 Å². The summed E-state index contributed by atoms with van der Waals surface area (Å²) in [6.07, 6.45) is 9.99. The van der Waals surface area contributed by atoms with E-state index in [4.69, 9.17) is 9.47 Å². The van der Waals surface area contributed by atoms with Crippen molar-refractivity contribution in [1.29, 1.82) is 0 Å². The van der Waals surface area contributed by atoms with E-state index in [1.54, 1.807) is 36.4 Å². The van der Waals surface area contributed by atoms with Crippen molar-refractivity contribution in [3.05, 3.63) is 83.9 Å². The molecule has 0 aliphatic carbocycles. The Hall–Kier alpha value is -3.28. The molecule has 0 N–H and O–H groups in total. The Morgan fingerprint density at radius 1 is 0.622 bits per heavy atom. The number of esters is 1. The van der Waals surface area contributed by atoms with E-state index in [1.165, 1.54) is 44.9 Å². The summed E-state index contributed by atoms with van der Waals surface area (Å²) in [6, 6.07) is 22.0. The second-order valence-electron chi connectivity index (χ2n) is 12.1. The van der Waals surface area contributed by atoms with Crippen LogP contribution < -0.4 is 9.47 Å². The van der Waals surface area contributed by atoms with E-state index in [9.17, 15) is 18.0 Å². The lowest BCUT2D eigenvalue weighted by Crippen LogP contribution is -2.23. The Labute approximate surface area is 268 Å². The summed E-state index contributed by atoms with van der Waals surface area (Å²) >= 11 is 0. The van der Waals surface area contributed by atoms with E-state index in [0.717, 1.165) is 54.7 Å². The van der Waals surface area contributed by atoms with E-state index in [1.807, 2.05) is 43.3 Å². The van der Waals surface area contributed by atoms with Crippen LogP contribution in [0.25, 0.3) is 11.1 Å². The third-order valence-electron chi connectivity index (χ3n) is 8.36. The number of unbranched alkanes of at least 4 members (excludes halogenated alkanes) is 10. The lowest BCUT2D eigenvalue weighted by atomic mass is 9.93. The molecule has 0 aromatic heterocycles. The number of ether oxygens (including phenoxy) is 2. The highest BCUT2D eigenvalue weighted by Crippen LogP contribution is 2.34. The van der Waals surface area contributed by atoms with Crippen LogP contribution in [0.4, 0.5) is 13.2 Å². The fourth-order valence-electron chi connectivity index (χ4n) is 5.49. The number of benzene rings is 3. The zero-order chi connectivity index (χ0) is 32.3. The highest BCUT2D eigenvalue weighted by Gasteiger charge is 2.38. The summed E-state index contributed by atoms with van der Waals surface area (Å²) in [7, 11) is 0. The number of rotatable bonds is 21. The van der Waals surface area contributed by atoms with E-state index in [-0.39, 0.29) is 12.8 Å². The maximum absolute atomic E-state index is 13.5. The van der Waals surface area contributed by atoms with Crippen LogP contribution in [-0.4, -0.2) is 18.8 Å². The van der Waals surface area contributed by atoms with Gasteiger partial charge in [0, 0.05) is 0 Å². The third kappa shape index (κ3) is 13.7. The smallest absolute Gasteiger partial charge is 0.391 e. The first-order valence-electron chi connectivity index (χ1n) is 17.0. The molecule has 0 heterocycles. The van der Waals surface area contributed by atoms with Gasteiger partial charge in [-0.1, -0.05) is 121 Å². The molecule has 3 aromatic carbocycles. The minimum absolute atomic E-state index is 0.0656. The lowest BCUT2D eigenvalue weighted by molar-refractivity contribution is -0.178. The van der Waals surface area contributed by atoms with Crippen LogP contribution in [0.1, 0.15) is 120 Å². The van der Waals surface area contributed by atoms with Crippen LogP contribution in [0.15, 0.2) is 72.8 Å². The number of carbonyl (C=O) groups excluding carboxylic acids is 1. The topological polar surface area (TPSA) is 35.5 Å². The Morgan fingerprint density at radius 3 is 1.71 bits per heavy atom. The molecule has 0 saturated heterocycles. The largest absolute Gasteiger partial charge is 0.494 e. The molecule has 0 amide bonds. The molecule has 0 bridgehead atoms. The molecular weight excluding hydrogens is 573 g/mol. The van der Waals surface area contributed by atoms with Gasteiger partial charge in [-0.15, -0.1) is 0 Å². The van der Waals surface area contributed by atoms with E-state index in [2.05, 4.69) is 6.92 Å². The van der Waals surface area contributed by atoms with Crippen molar-refractivity contribution in [2.45, 2.75) is 116 Å². The normalized spacial score (nSPS) is 12.2. The molecule has 0 aliphatic heterocycles. The number of carbonyl (C=O) groups is 1. The molecule has 1 unspecified atom stereocenters. The fraction of sp³-hybridized carbons (Fsp3) is 0.513. The minimum Gasteiger partial charge on any atom is -0.494 e. The monoisotopic (exact) mass is 624 g/mol. The van der Waals surface area contributed by atoms with Crippen molar-refractivity contribution in [1.82, 2.24) is 0 Å². The summed E-state index contributed by atoms with van der Waals surface area (Å²) in [5.41, 5.74) is 3.22. The first-order valence-corrected chi connectivity index (χ1v) is 17.0. The van der Waals surface area contributed by atoms with Crippen LogP contribution in [-0.2, 0) is 6.42 Å². The third-order valence-corrected chi connectivity index (χ3v) is 8.36. The van der Waals surface area contributed by atoms with Crippen molar-refractivity contribution >= 4 is 5.97 Å². The molecule has 246 valence electrons.